The minimum atomic E-state index is -0.799. The topological polar surface area (TPSA) is 78.9 Å². The average molecular weight is 903 g/mol. The average Bonchev–Trinajstić information content (AvgIpc) is 3.30. The Morgan fingerprint density at radius 2 is 0.600 bits per heavy atom. The maximum atomic E-state index is 12.8. The quantitative estimate of drug-likeness (QED) is 0.0262. The van der Waals surface area contributed by atoms with Crippen LogP contribution < -0.4 is 0 Å². The molecule has 0 aromatic heterocycles. The molecule has 0 heterocycles. The van der Waals surface area contributed by atoms with Crippen LogP contribution in [0.15, 0.2) is 97.2 Å². The van der Waals surface area contributed by atoms with Crippen LogP contribution in [0, 0.1) is 0 Å². The minimum Gasteiger partial charge on any atom is -0.462 e. The fourth-order valence-corrected chi connectivity index (χ4v) is 7.06. The smallest absolute Gasteiger partial charge is 0.306 e. The maximum Gasteiger partial charge on any atom is 0.306 e. The molecule has 0 saturated carbocycles. The number of rotatable bonds is 47. The predicted octanol–water partition coefficient (Wildman–Crippen LogP) is 17.8. The third kappa shape index (κ3) is 51.2. The van der Waals surface area contributed by atoms with E-state index in [1.165, 1.54) is 77.0 Å². The van der Waals surface area contributed by atoms with Gasteiger partial charge in [0.25, 0.3) is 0 Å². The first kappa shape index (κ1) is 61.3. The highest BCUT2D eigenvalue weighted by Crippen LogP contribution is 2.14. The highest BCUT2D eigenvalue weighted by molar-refractivity contribution is 5.71. The molecule has 0 aliphatic heterocycles. The van der Waals surface area contributed by atoms with E-state index in [0.717, 1.165) is 122 Å². The highest BCUT2D eigenvalue weighted by atomic mass is 16.6. The number of unbranched alkanes of at least 4 members (excludes halogenated alkanes) is 20. The van der Waals surface area contributed by atoms with Crippen molar-refractivity contribution in [3.63, 3.8) is 0 Å². The molecule has 0 amide bonds. The lowest BCUT2D eigenvalue weighted by Gasteiger charge is -2.18. The second kappa shape index (κ2) is 52.9. The van der Waals surface area contributed by atoms with E-state index in [2.05, 4.69) is 118 Å². The summed E-state index contributed by atoms with van der Waals surface area (Å²) in [4.78, 5) is 38.0. The molecule has 0 saturated heterocycles. The lowest BCUT2D eigenvalue weighted by atomic mass is 10.1. The van der Waals surface area contributed by atoms with Crippen molar-refractivity contribution in [1.29, 1.82) is 0 Å². The summed E-state index contributed by atoms with van der Waals surface area (Å²) in [5.74, 6) is -0.954. The molecule has 0 unspecified atom stereocenters. The number of hydrogen-bond acceptors (Lipinski definition) is 6. The SMILES string of the molecule is CC/C=C\C/C=C\C/C=C\C/C=C\CCCCCCC(=O)OC[C@H](COC(=O)CCCCC/C=C\C/C=C\C/C=C\C/C=C\CCCCC)OC(=O)CCCCCCCCCCCCC. The van der Waals surface area contributed by atoms with E-state index >= 15 is 0 Å². The first-order chi connectivity index (χ1) is 32.0. The van der Waals surface area contributed by atoms with Crippen molar-refractivity contribution in [2.45, 2.75) is 245 Å². The van der Waals surface area contributed by atoms with Crippen LogP contribution in [0.25, 0.3) is 0 Å². The Morgan fingerprint density at radius 3 is 0.985 bits per heavy atom. The Bertz CT molecular complexity index is 1310. The molecule has 1 atom stereocenters. The van der Waals surface area contributed by atoms with Crippen molar-refractivity contribution in [1.82, 2.24) is 0 Å². The fourth-order valence-electron chi connectivity index (χ4n) is 7.06. The Hall–Kier alpha value is -3.67. The summed E-state index contributed by atoms with van der Waals surface area (Å²) >= 11 is 0. The van der Waals surface area contributed by atoms with Crippen molar-refractivity contribution in [2.75, 3.05) is 13.2 Å². The van der Waals surface area contributed by atoms with Gasteiger partial charge in [0.2, 0.25) is 0 Å². The summed E-state index contributed by atoms with van der Waals surface area (Å²) < 4.78 is 16.8. The molecule has 6 heteroatoms. The largest absolute Gasteiger partial charge is 0.462 e. The van der Waals surface area contributed by atoms with Gasteiger partial charge >= 0.3 is 17.9 Å². The molecule has 0 radical (unpaired) electrons. The lowest BCUT2D eigenvalue weighted by Crippen LogP contribution is -2.30. The first-order valence-corrected chi connectivity index (χ1v) is 26.7. The molecule has 0 N–H and O–H groups in total. The Kier molecular flexibility index (Phi) is 50.0. The summed E-state index contributed by atoms with van der Waals surface area (Å²) in [6.45, 7) is 6.44. The van der Waals surface area contributed by atoms with Gasteiger partial charge in [-0.3, -0.25) is 14.4 Å². The first-order valence-electron chi connectivity index (χ1n) is 26.7. The van der Waals surface area contributed by atoms with Gasteiger partial charge in [0.15, 0.2) is 6.10 Å². The van der Waals surface area contributed by atoms with Gasteiger partial charge in [0.05, 0.1) is 0 Å². The Labute approximate surface area is 400 Å². The van der Waals surface area contributed by atoms with Crippen LogP contribution in [0.5, 0.6) is 0 Å². The van der Waals surface area contributed by atoms with Gasteiger partial charge in [-0.05, 0) is 103 Å². The molecule has 0 aliphatic rings. The summed E-state index contributed by atoms with van der Waals surface area (Å²) in [7, 11) is 0. The van der Waals surface area contributed by atoms with E-state index in [-0.39, 0.29) is 31.1 Å². The normalized spacial score (nSPS) is 12.8. The van der Waals surface area contributed by atoms with Crippen LogP contribution >= 0.6 is 0 Å². The van der Waals surface area contributed by atoms with Gasteiger partial charge in [-0.1, -0.05) is 214 Å². The number of carbonyl (C=O) groups excluding carboxylic acids is 3. The molecule has 0 rings (SSSR count). The number of allylic oxidation sites excluding steroid dienone is 16. The molecule has 0 aliphatic carbocycles. The van der Waals surface area contributed by atoms with Gasteiger partial charge in [0.1, 0.15) is 13.2 Å². The van der Waals surface area contributed by atoms with Crippen LogP contribution in [0.4, 0.5) is 0 Å². The van der Waals surface area contributed by atoms with E-state index in [4.69, 9.17) is 14.2 Å². The predicted molar refractivity (Wildman–Crippen MR) is 279 cm³/mol. The van der Waals surface area contributed by atoms with Crippen molar-refractivity contribution < 1.29 is 28.6 Å². The van der Waals surface area contributed by atoms with Crippen molar-refractivity contribution in [3.8, 4) is 0 Å². The van der Waals surface area contributed by atoms with Gasteiger partial charge in [-0.2, -0.15) is 0 Å². The second-order valence-electron chi connectivity index (χ2n) is 17.4. The van der Waals surface area contributed by atoms with E-state index < -0.39 is 6.10 Å². The molecule has 0 aromatic carbocycles. The minimum absolute atomic E-state index is 0.100. The zero-order valence-electron chi connectivity index (χ0n) is 42.2. The molecule has 0 aromatic rings. The van der Waals surface area contributed by atoms with Crippen molar-refractivity contribution in [2.24, 2.45) is 0 Å². The van der Waals surface area contributed by atoms with Gasteiger partial charge < -0.3 is 14.2 Å². The molecule has 0 fully saturated rings. The van der Waals surface area contributed by atoms with Crippen LogP contribution in [0.2, 0.25) is 0 Å². The molecule has 0 bridgehead atoms. The van der Waals surface area contributed by atoms with Gasteiger partial charge in [-0.25, -0.2) is 0 Å². The van der Waals surface area contributed by atoms with E-state index in [0.29, 0.717) is 19.3 Å². The Morgan fingerprint density at radius 1 is 0.323 bits per heavy atom. The van der Waals surface area contributed by atoms with Crippen LogP contribution in [-0.2, 0) is 28.6 Å². The summed E-state index contributed by atoms with van der Waals surface area (Å²) in [6, 6.07) is 0. The van der Waals surface area contributed by atoms with Crippen LogP contribution in [-0.4, -0.2) is 37.2 Å². The van der Waals surface area contributed by atoms with Crippen molar-refractivity contribution in [3.05, 3.63) is 97.2 Å². The standard InChI is InChI=1S/C59H98O6/c1-4-7-10-13-16-19-22-24-26-28-29-31-33-35-38-40-43-46-49-52-58(61)64-55-56(65-59(62)53-50-47-44-41-36-21-18-15-12-9-6-3)54-63-57(60)51-48-45-42-39-37-34-32-30-27-25-23-20-17-14-11-8-5-2/h8,11,16-17,19-20,24-27,29,31-32,34-35,38,56H,4-7,9-10,12-15,18,21-23,28,30,33,36-37,39-55H2,1-3H3/b11-8-,19-16-,20-17-,26-24-,27-25-,31-29-,34-32-,38-35-/t56-/m1/s1. The summed E-state index contributed by atoms with van der Waals surface area (Å²) in [5.41, 5.74) is 0. The fraction of sp³-hybridized carbons (Fsp3) is 0.678. The number of hydrogen-bond donors (Lipinski definition) is 0. The lowest BCUT2D eigenvalue weighted by molar-refractivity contribution is -0.167. The monoisotopic (exact) mass is 903 g/mol. The van der Waals surface area contributed by atoms with Gasteiger partial charge in [-0.15, -0.1) is 0 Å². The molecular formula is C59H98O6. The third-order valence-electron chi connectivity index (χ3n) is 11.1. The van der Waals surface area contributed by atoms with E-state index in [9.17, 15) is 14.4 Å². The van der Waals surface area contributed by atoms with Crippen LogP contribution in [0.1, 0.15) is 239 Å². The number of carbonyl (C=O) groups is 3. The van der Waals surface area contributed by atoms with Crippen LogP contribution in [0.3, 0.4) is 0 Å². The zero-order valence-corrected chi connectivity index (χ0v) is 42.2. The van der Waals surface area contributed by atoms with Gasteiger partial charge in [0, 0.05) is 19.3 Å². The summed E-state index contributed by atoms with van der Waals surface area (Å²) in [6.07, 6.45) is 69.6. The Balaban J connectivity index is 4.45. The molecular weight excluding hydrogens is 805 g/mol. The number of esters is 3. The van der Waals surface area contributed by atoms with E-state index in [1.54, 1.807) is 0 Å². The molecule has 0 spiro atoms. The molecule has 6 nitrogen and oxygen atoms in total. The third-order valence-corrected chi connectivity index (χ3v) is 11.1. The van der Waals surface area contributed by atoms with E-state index in [1.807, 2.05) is 0 Å². The molecule has 370 valence electrons. The molecule has 65 heavy (non-hydrogen) atoms. The number of ether oxygens (including phenoxy) is 3. The van der Waals surface area contributed by atoms with Crippen molar-refractivity contribution >= 4 is 17.9 Å². The maximum absolute atomic E-state index is 12.8. The summed E-state index contributed by atoms with van der Waals surface area (Å²) in [5, 5.41) is 0. The zero-order chi connectivity index (χ0) is 47.2. The second-order valence-corrected chi connectivity index (χ2v) is 17.4. The highest BCUT2D eigenvalue weighted by Gasteiger charge is 2.19.